The Hall–Kier alpha value is -1.20. The van der Waals surface area contributed by atoms with Crippen LogP contribution in [-0.2, 0) is 16.9 Å². The molecule has 1 aromatic rings. The van der Waals surface area contributed by atoms with Gasteiger partial charge in [0.15, 0.2) is 0 Å². The van der Waals surface area contributed by atoms with Gasteiger partial charge in [0.1, 0.15) is 11.4 Å². The van der Waals surface area contributed by atoms with E-state index in [-0.39, 0.29) is 5.56 Å². The van der Waals surface area contributed by atoms with E-state index in [1.54, 1.807) is 0 Å². The van der Waals surface area contributed by atoms with E-state index in [4.69, 9.17) is 4.74 Å². The van der Waals surface area contributed by atoms with Crippen LogP contribution in [-0.4, -0.2) is 22.6 Å². The van der Waals surface area contributed by atoms with E-state index in [2.05, 4.69) is 29.1 Å². The van der Waals surface area contributed by atoms with Crippen molar-refractivity contribution >= 4 is 0 Å². The average molecular weight is 267 g/mol. The van der Waals surface area contributed by atoms with Crippen LogP contribution >= 0.6 is 0 Å². The van der Waals surface area contributed by atoms with Gasteiger partial charge in [0, 0.05) is 25.3 Å². The van der Waals surface area contributed by atoms with Gasteiger partial charge in [0.2, 0.25) is 0 Å². The van der Waals surface area contributed by atoms with Crippen LogP contribution in [0.15, 0.2) is 10.9 Å². The van der Waals surface area contributed by atoms with Crippen LogP contribution in [0, 0.1) is 0 Å². The fourth-order valence-corrected chi connectivity index (χ4v) is 1.81. The van der Waals surface area contributed by atoms with Gasteiger partial charge in [-0.2, -0.15) is 0 Å². The summed E-state index contributed by atoms with van der Waals surface area (Å²) in [6.45, 7) is 11.2. The van der Waals surface area contributed by atoms with Gasteiger partial charge in [-0.05, 0) is 20.3 Å². The van der Waals surface area contributed by atoms with Crippen LogP contribution in [0.3, 0.4) is 0 Å². The van der Waals surface area contributed by atoms with Gasteiger partial charge >= 0.3 is 0 Å². The lowest BCUT2D eigenvalue weighted by molar-refractivity contribution is -0.0393. The van der Waals surface area contributed by atoms with Crippen molar-refractivity contribution in [3.8, 4) is 0 Å². The number of aromatic amines is 1. The van der Waals surface area contributed by atoms with Crippen molar-refractivity contribution in [2.45, 2.75) is 59.2 Å². The highest BCUT2D eigenvalue weighted by atomic mass is 16.5. The van der Waals surface area contributed by atoms with Crippen molar-refractivity contribution in [3.63, 3.8) is 0 Å². The minimum Gasteiger partial charge on any atom is -0.368 e. The molecule has 0 fully saturated rings. The van der Waals surface area contributed by atoms with Crippen LogP contribution < -0.4 is 10.9 Å². The maximum atomic E-state index is 11.7. The van der Waals surface area contributed by atoms with Crippen LogP contribution in [0.1, 0.15) is 52.6 Å². The minimum absolute atomic E-state index is 0.134. The molecule has 0 bridgehead atoms. The molecule has 0 aliphatic carbocycles. The second-order valence-corrected chi connectivity index (χ2v) is 5.14. The Morgan fingerprint density at radius 3 is 2.68 bits per heavy atom. The number of hydrogen-bond donors (Lipinski definition) is 2. The lowest BCUT2D eigenvalue weighted by Gasteiger charge is -2.27. The van der Waals surface area contributed by atoms with Crippen molar-refractivity contribution in [1.82, 2.24) is 15.3 Å². The zero-order valence-corrected chi connectivity index (χ0v) is 12.5. The highest BCUT2D eigenvalue weighted by Crippen LogP contribution is 2.25. The fraction of sp³-hybridized carbons (Fsp3) is 0.714. The first-order chi connectivity index (χ1) is 8.91. The van der Waals surface area contributed by atoms with Crippen molar-refractivity contribution in [1.29, 1.82) is 0 Å². The quantitative estimate of drug-likeness (QED) is 0.792. The third-order valence-corrected chi connectivity index (χ3v) is 3.12. The first kappa shape index (κ1) is 15.9. The number of H-pyrrole nitrogens is 1. The molecule has 0 aromatic carbocycles. The summed E-state index contributed by atoms with van der Waals surface area (Å²) in [7, 11) is 0. The third-order valence-electron chi connectivity index (χ3n) is 3.12. The molecule has 19 heavy (non-hydrogen) atoms. The number of nitrogens with zero attached hydrogens (tertiary/aromatic N) is 1. The lowest BCUT2D eigenvalue weighted by Crippen LogP contribution is -2.32. The first-order valence-corrected chi connectivity index (χ1v) is 6.89. The maximum Gasteiger partial charge on any atom is 0.251 e. The average Bonchev–Trinajstić information content (AvgIpc) is 2.36. The molecular formula is C14H25N3O2. The van der Waals surface area contributed by atoms with E-state index < -0.39 is 5.60 Å². The van der Waals surface area contributed by atoms with Gasteiger partial charge in [-0.1, -0.05) is 20.8 Å². The molecule has 1 unspecified atom stereocenters. The molecule has 0 spiro atoms. The summed E-state index contributed by atoms with van der Waals surface area (Å²) in [5.41, 5.74) is 0.0682. The van der Waals surface area contributed by atoms with Gasteiger partial charge in [-0.3, -0.25) is 4.79 Å². The zero-order chi connectivity index (χ0) is 14.5. The summed E-state index contributed by atoms with van der Waals surface area (Å²) in [5, 5.41) is 3.26. The lowest BCUT2D eigenvalue weighted by atomic mass is 10.0. The molecule has 0 saturated carbocycles. The Morgan fingerprint density at radius 1 is 1.47 bits per heavy atom. The van der Waals surface area contributed by atoms with Crippen molar-refractivity contribution in [3.05, 3.63) is 27.9 Å². The van der Waals surface area contributed by atoms with E-state index in [1.807, 2.05) is 20.8 Å². The van der Waals surface area contributed by atoms with Crippen molar-refractivity contribution in [2.24, 2.45) is 0 Å². The number of nitrogens with one attached hydrogen (secondary N) is 2. The predicted molar refractivity (Wildman–Crippen MR) is 76.1 cm³/mol. The Balaban J connectivity index is 3.04. The largest absolute Gasteiger partial charge is 0.368 e. The molecule has 108 valence electrons. The van der Waals surface area contributed by atoms with Crippen LogP contribution in [0.2, 0.25) is 0 Å². The Labute approximate surface area is 114 Å². The fourth-order valence-electron chi connectivity index (χ4n) is 1.81. The molecule has 0 aliphatic rings. The molecule has 0 amide bonds. The molecule has 1 aromatic heterocycles. The Bertz CT molecular complexity index is 456. The van der Waals surface area contributed by atoms with Gasteiger partial charge in [0.25, 0.3) is 5.56 Å². The van der Waals surface area contributed by atoms with Gasteiger partial charge < -0.3 is 15.0 Å². The molecule has 5 nitrogen and oxygen atoms in total. The molecule has 0 radical (unpaired) electrons. The molecular weight excluding hydrogens is 242 g/mol. The minimum atomic E-state index is -0.540. The van der Waals surface area contributed by atoms with Crippen LogP contribution in [0.4, 0.5) is 0 Å². The summed E-state index contributed by atoms with van der Waals surface area (Å²) in [4.78, 5) is 19.1. The smallest absolute Gasteiger partial charge is 0.251 e. The molecule has 1 heterocycles. The molecule has 2 N–H and O–H groups in total. The van der Waals surface area contributed by atoms with Gasteiger partial charge in [0.05, 0.1) is 5.69 Å². The third kappa shape index (κ3) is 4.44. The number of ether oxygens (including phenoxy) is 1. The second-order valence-electron chi connectivity index (χ2n) is 5.14. The highest BCUT2D eigenvalue weighted by molar-refractivity contribution is 5.08. The monoisotopic (exact) mass is 267 g/mol. The Morgan fingerprint density at radius 2 is 2.16 bits per heavy atom. The summed E-state index contributed by atoms with van der Waals surface area (Å²) < 4.78 is 5.75. The first-order valence-electron chi connectivity index (χ1n) is 6.89. The van der Waals surface area contributed by atoms with Crippen LogP contribution in [0.5, 0.6) is 0 Å². The van der Waals surface area contributed by atoms with Crippen LogP contribution in [0.25, 0.3) is 0 Å². The summed E-state index contributed by atoms with van der Waals surface area (Å²) in [6.07, 6.45) is 0.755. The van der Waals surface area contributed by atoms with E-state index in [0.717, 1.165) is 12.1 Å². The van der Waals surface area contributed by atoms with Crippen molar-refractivity contribution < 1.29 is 4.74 Å². The van der Waals surface area contributed by atoms with Gasteiger partial charge in [-0.25, -0.2) is 4.98 Å². The summed E-state index contributed by atoms with van der Waals surface area (Å²) >= 11 is 0. The van der Waals surface area contributed by atoms with Gasteiger partial charge in [-0.15, -0.1) is 0 Å². The van der Waals surface area contributed by atoms with E-state index in [1.165, 1.54) is 6.07 Å². The zero-order valence-electron chi connectivity index (χ0n) is 12.5. The number of aromatic nitrogens is 2. The van der Waals surface area contributed by atoms with E-state index in [0.29, 0.717) is 25.0 Å². The topological polar surface area (TPSA) is 67.0 Å². The number of hydrogen-bond acceptors (Lipinski definition) is 4. The van der Waals surface area contributed by atoms with E-state index >= 15 is 0 Å². The molecule has 1 rings (SSSR count). The molecule has 1 atom stereocenters. The summed E-state index contributed by atoms with van der Waals surface area (Å²) in [5.74, 6) is 0.602. The SMILES string of the molecule is CCOC(C)(CC)c1nc(CNC(C)C)cc(=O)[nH]1. The molecule has 0 aliphatic heterocycles. The Kier molecular flexibility index (Phi) is 5.69. The maximum absolute atomic E-state index is 11.7. The normalized spacial score (nSPS) is 14.6. The predicted octanol–water partition coefficient (Wildman–Crippen LogP) is 1.93. The highest BCUT2D eigenvalue weighted by Gasteiger charge is 2.28. The molecule has 5 heteroatoms. The van der Waals surface area contributed by atoms with Crippen molar-refractivity contribution in [2.75, 3.05) is 6.61 Å². The van der Waals surface area contributed by atoms with E-state index in [9.17, 15) is 4.79 Å². The standard InChI is InChI=1S/C14H25N3O2/c1-6-14(5,19-7-2)13-16-11(8-12(18)17-13)9-15-10(3)4/h8,10,15H,6-7,9H2,1-5H3,(H,16,17,18). The summed E-state index contributed by atoms with van der Waals surface area (Å²) in [6, 6.07) is 1.88. The number of rotatable bonds is 7. The molecule has 0 saturated heterocycles. The second kappa shape index (κ2) is 6.82.